The van der Waals surface area contributed by atoms with E-state index in [4.69, 9.17) is 51.0 Å². The van der Waals surface area contributed by atoms with Gasteiger partial charge in [0.25, 0.3) is 0 Å². The molecule has 11 unspecified atom stereocenters. The molecule has 0 saturated heterocycles. The maximum Gasteiger partial charge on any atom is 0.326 e. The van der Waals surface area contributed by atoms with E-state index in [9.17, 15) is 67.4 Å². The summed E-state index contributed by atoms with van der Waals surface area (Å²) < 4.78 is 0. The number of fused-ring (bicyclic) bond motifs is 2. The standard InChI is InChI=1S/C78H119N23O14S/c1-46(40-48-44-90-52-24-8-6-22-50(48)52)66(104)99-61(41-47-20-4-3-5-21-47)73(111)94-54(26-10-11-32-64(82)102)71(109)101-63(43-65(83)103)75(113)96-58(31-19-38-89-78(86)87)67(105)93-57(30-18-37-88-77(84)85)68(106)97-59(33-39-116-2)72(110)92-56(28-13-16-35-80)70(108)100-62(42-49-45-91-53-25-9-7-23-51(49)53)74(112)95-55(27-12-15-34-79)69(107)98-60(76(114)115)29-14-17-36-81/h3-9,20-25,44-46,54-63,90-91H,10-19,26-43,79-81H2,1-2H3,(H2,82,102)(H2,83,103)(H,92,110)(H,93,105)(H,94,111)(H,95,112)(H,96,113)(H,97,106)(H,98,107)(H,99,104)(H,100,108)(H,101,109)(H,114,115)(H4,84,85,88)(H4,86,87,89). The predicted molar refractivity (Wildman–Crippen MR) is 442 cm³/mol. The molecule has 11 atom stereocenters. The maximum absolute atomic E-state index is 15.0. The van der Waals surface area contributed by atoms with Crippen molar-refractivity contribution in [3.63, 3.8) is 0 Å². The van der Waals surface area contributed by atoms with Crippen molar-refractivity contribution in [2.45, 2.75) is 209 Å². The summed E-state index contributed by atoms with van der Waals surface area (Å²) in [7, 11) is 0. The summed E-state index contributed by atoms with van der Waals surface area (Å²) in [6, 6.07) is 8.89. The van der Waals surface area contributed by atoms with Crippen LogP contribution in [-0.4, -0.2) is 209 Å². The Kier molecular flexibility index (Phi) is 42.2. The first-order valence-electron chi connectivity index (χ1n) is 39.3. The van der Waals surface area contributed by atoms with Gasteiger partial charge in [-0.05, 0) is 170 Å². The molecule has 636 valence electrons. The molecule has 31 N–H and O–H groups in total. The van der Waals surface area contributed by atoms with Crippen molar-refractivity contribution in [1.82, 2.24) is 73.8 Å². The van der Waals surface area contributed by atoms with Crippen molar-refractivity contribution in [3.8, 4) is 0 Å². The van der Waals surface area contributed by atoms with Crippen LogP contribution in [0, 0.1) is 16.7 Å². The van der Waals surface area contributed by atoms with E-state index in [2.05, 4.69) is 73.8 Å². The molecular formula is C78H119N23O14S. The number of H-pyrrole nitrogens is 2. The minimum absolute atomic E-state index is 0.000762. The van der Waals surface area contributed by atoms with Gasteiger partial charge in [-0.2, -0.15) is 11.8 Å². The fraction of sp³-hybridized carbons (Fsp3) is 0.526. The van der Waals surface area contributed by atoms with Crippen molar-refractivity contribution in [2.75, 3.05) is 44.7 Å². The monoisotopic (exact) mass is 1630 g/mol. The van der Waals surface area contributed by atoms with Crippen molar-refractivity contribution in [3.05, 3.63) is 108 Å². The second kappa shape index (κ2) is 51.5. The number of primary amides is 2. The number of unbranched alkanes of at least 4 members (excludes halogenated alkanes) is 4. The molecule has 12 amide bonds. The van der Waals surface area contributed by atoms with Crippen molar-refractivity contribution < 1.29 is 67.4 Å². The predicted octanol–water partition coefficient (Wildman–Crippen LogP) is -1.17. The molecular weight excluding hydrogens is 1520 g/mol. The quantitative estimate of drug-likeness (QED) is 0.0124. The van der Waals surface area contributed by atoms with E-state index in [0.717, 1.165) is 16.5 Å². The Morgan fingerprint density at radius 2 is 0.724 bits per heavy atom. The fourth-order valence-corrected chi connectivity index (χ4v) is 13.4. The van der Waals surface area contributed by atoms with E-state index >= 15 is 0 Å². The number of carboxylic acid groups (broad SMARTS) is 1. The lowest BCUT2D eigenvalue weighted by atomic mass is 9.98. The van der Waals surface area contributed by atoms with Gasteiger partial charge in [0.05, 0.1) is 6.42 Å². The van der Waals surface area contributed by atoms with Crippen LogP contribution in [0.5, 0.6) is 0 Å². The molecule has 0 radical (unpaired) electrons. The topological polar surface area (TPSA) is 648 Å². The first-order valence-corrected chi connectivity index (χ1v) is 40.7. The number of aromatic amines is 2. The average Bonchev–Trinajstić information content (AvgIpc) is 1.75. The third kappa shape index (κ3) is 34.0. The summed E-state index contributed by atoms with van der Waals surface area (Å²) in [5, 5.41) is 59.4. The molecule has 116 heavy (non-hydrogen) atoms. The third-order valence-electron chi connectivity index (χ3n) is 19.3. The second-order valence-corrected chi connectivity index (χ2v) is 29.6. The highest BCUT2D eigenvalue weighted by atomic mass is 32.2. The van der Waals surface area contributed by atoms with Crippen LogP contribution in [0.4, 0.5) is 0 Å². The summed E-state index contributed by atoms with van der Waals surface area (Å²) in [5.41, 5.74) is 43.4. The fourth-order valence-electron chi connectivity index (χ4n) is 13.0. The van der Waals surface area contributed by atoms with Gasteiger partial charge in [-0.25, -0.2) is 4.79 Å². The van der Waals surface area contributed by atoms with E-state index in [1.165, 1.54) is 11.8 Å². The number of nitrogens with two attached hydrogens (primary N) is 7. The minimum Gasteiger partial charge on any atom is -0.480 e. The zero-order valence-electron chi connectivity index (χ0n) is 66.0. The van der Waals surface area contributed by atoms with Gasteiger partial charge < -0.3 is 119 Å². The van der Waals surface area contributed by atoms with Crippen LogP contribution in [0.15, 0.2) is 91.3 Å². The number of guanidine groups is 2. The van der Waals surface area contributed by atoms with Crippen LogP contribution in [0.25, 0.3) is 21.8 Å². The SMILES string of the molecule is CSCCC(NC(=O)C(CCCNC(=N)N)NC(=O)C(CCCNC(=N)N)NC(=O)C(CC(N)=O)NC(=O)C(CCCCC(N)=O)NC(=O)C(Cc1ccccc1)NC(=O)C(C)Cc1c[nH]c2ccccc12)C(=O)NC(CCCCN)C(=O)NC(Cc1c[nH]c2ccccc12)C(=O)NC(CCCCN)C(=O)NC(CCCCN)C(=O)O. The van der Waals surface area contributed by atoms with Gasteiger partial charge >= 0.3 is 5.97 Å². The molecule has 0 aliphatic rings. The lowest BCUT2D eigenvalue weighted by Crippen LogP contribution is -2.61. The Bertz CT molecular complexity index is 4070. The molecule has 5 rings (SSSR count). The van der Waals surface area contributed by atoms with Crippen LogP contribution in [0.1, 0.15) is 146 Å². The van der Waals surface area contributed by atoms with E-state index in [1.807, 2.05) is 42.6 Å². The first kappa shape index (κ1) is 95.2. The number of carboxylic acids is 1. The molecule has 0 saturated carbocycles. The molecule has 37 nitrogen and oxygen atoms in total. The molecule has 2 aromatic heterocycles. The number of benzene rings is 3. The molecule has 0 bridgehead atoms. The molecule has 0 spiro atoms. The second-order valence-electron chi connectivity index (χ2n) is 28.7. The molecule has 2 heterocycles. The number of amides is 12. The van der Waals surface area contributed by atoms with E-state index in [-0.39, 0.29) is 128 Å². The molecule has 0 aliphatic heterocycles. The number of carbonyl (C=O) groups is 13. The molecule has 38 heteroatoms. The largest absolute Gasteiger partial charge is 0.480 e. The van der Waals surface area contributed by atoms with Crippen molar-refractivity contribution >= 4 is 122 Å². The van der Waals surface area contributed by atoms with Gasteiger partial charge in [0.15, 0.2) is 11.9 Å². The Hall–Kier alpha value is -11.4. The normalized spacial score (nSPS) is 14.0. The van der Waals surface area contributed by atoms with Gasteiger partial charge in [-0.15, -0.1) is 0 Å². The highest BCUT2D eigenvalue weighted by Gasteiger charge is 2.37. The van der Waals surface area contributed by atoms with Gasteiger partial charge in [-0.1, -0.05) is 80.1 Å². The minimum atomic E-state index is -1.85. The zero-order valence-corrected chi connectivity index (χ0v) is 66.8. The molecule has 5 aromatic rings. The van der Waals surface area contributed by atoms with Gasteiger partial charge in [0.1, 0.15) is 60.4 Å². The number of carbonyl (C=O) groups excluding carboxylic acids is 12. The van der Waals surface area contributed by atoms with Crippen molar-refractivity contribution in [2.24, 2.45) is 46.1 Å². The van der Waals surface area contributed by atoms with Gasteiger partial charge in [0, 0.05) is 72.5 Å². The number of aliphatic carboxylic acids is 1. The smallest absolute Gasteiger partial charge is 0.326 e. The van der Waals surface area contributed by atoms with E-state index in [1.54, 1.807) is 61.8 Å². The number of rotatable bonds is 57. The summed E-state index contributed by atoms with van der Waals surface area (Å²) in [6.07, 6.45) is 6.48. The number of hydrogen-bond acceptors (Lipinski definition) is 19. The summed E-state index contributed by atoms with van der Waals surface area (Å²) in [6.45, 7) is 2.43. The average molecular weight is 1640 g/mol. The van der Waals surface area contributed by atoms with E-state index < -0.39 is 162 Å². The zero-order chi connectivity index (χ0) is 85.1. The summed E-state index contributed by atoms with van der Waals surface area (Å²) in [5.74, 6) is -13.0. The molecule has 0 fully saturated rings. The number of hydrogen-bond donors (Lipinski definition) is 24. The highest BCUT2D eigenvalue weighted by molar-refractivity contribution is 7.98. The lowest BCUT2D eigenvalue weighted by Gasteiger charge is -2.28. The number of nitrogens with one attached hydrogen (secondary N) is 16. The summed E-state index contributed by atoms with van der Waals surface area (Å²) in [4.78, 5) is 190. The Morgan fingerprint density at radius 1 is 0.388 bits per heavy atom. The number of thioether (sulfide) groups is 1. The Labute approximate surface area is 678 Å². The van der Waals surface area contributed by atoms with Crippen LogP contribution in [0.3, 0.4) is 0 Å². The van der Waals surface area contributed by atoms with Gasteiger partial charge in [-0.3, -0.25) is 68.4 Å². The van der Waals surface area contributed by atoms with Crippen molar-refractivity contribution in [1.29, 1.82) is 10.8 Å². The van der Waals surface area contributed by atoms with E-state index in [0.29, 0.717) is 67.1 Å². The van der Waals surface area contributed by atoms with Crippen LogP contribution in [-0.2, 0) is 81.6 Å². The lowest BCUT2D eigenvalue weighted by molar-refractivity contribution is -0.142. The highest BCUT2D eigenvalue weighted by Crippen LogP contribution is 2.23. The molecule has 3 aromatic carbocycles. The Morgan fingerprint density at radius 3 is 1.13 bits per heavy atom. The number of aromatic nitrogens is 2. The van der Waals surface area contributed by atoms with Crippen LogP contribution in [0.2, 0.25) is 0 Å². The van der Waals surface area contributed by atoms with Crippen LogP contribution < -0.4 is 104 Å². The third-order valence-corrected chi connectivity index (χ3v) is 20.0. The summed E-state index contributed by atoms with van der Waals surface area (Å²) >= 11 is 1.31. The number of para-hydroxylation sites is 2. The van der Waals surface area contributed by atoms with Gasteiger partial charge in [0.2, 0.25) is 70.9 Å². The molecule has 0 aliphatic carbocycles. The van der Waals surface area contributed by atoms with Crippen LogP contribution >= 0.6 is 11.8 Å². The maximum atomic E-state index is 15.0. The first-order chi connectivity index (χ1) is 55.5. The Balaban J connectivity index is 1.44.